The van der Waals surface area contributed by atoms with Gasteiger partial charge in [0.15, 0.2) is 0 Å². The molecular weight excluding hydrogens is 229 g/mol. The Hall–Kier alpha value is -2.41. The molecule has 0 atom stereocenters. The van der Waals surface area contributed by atoms with Crippen LogP contribution in [0.5, 0.6) is 0 Å². The summed E-state index contributed by atoms with van der Waals surface area (Å²) in [7, 11) is 0. The van der Waals surface area contributed by atoms with Crippen molar-refractivity contribution >= 4 is 5.69 Å². The minimum absolute atomic E-state index is 0.318. The van der Waals surface area contributed by atoms with Crippen molar-refractivity contribution in [1.82, 2.24) is 4.98 Å². The maximum atomic E-state index is 13.6. The maximum absolute atomic E-state index is 13.6. The lowest BCUT2D eigenvalue weighted by atomic mass is 10.1. The first-order valence-corrected chi connectivity index (χ1v) is 5.53. The smallest absolute Gasteiger partial charge is 0.147 e. The van der Waals surface area contributed by atoms with Crippen molar-refractivity contribution in [2.45, 2.75) is 13.5 Å². The van der Waals surface area contributed by atoms with Crippen molar-refractivity contribution in [2.75, 3.05) is 5.32 Å². The van der Waals surface area contributed by atoms with E-state index in [0.717, 1.165) is 11.1 Å². The molecule has 90 valence electrons. The molecule has 1 N–H and O–H groups in total. The summed E-state index contributed by atoms with van der Waals surface area (Å²) >= 11 is 0. The average molecular weight is 241 g/mol. The molecule has 0 aliphatic rings. The molecule has 1 aromatic heterocycles. The van der Waals surface area contributed by atoms with Crippen molar-refractivity contribution in [3.05, 3.63) is 59.2 Å². The molecule has 1 heterocycles. The Bertz CT molecular complexity index is 602. The fraction of sp³-hybridized carbons (Fsp3) is 0.143. The zero-order valence-electron chi connectivity index (χ0n) is 9.94. The third-order valence-corrected chi connectivity index (χ3v) is 2.70. The third kappa shape index (κ3) is 2.64. The number of halogens is 1. The predicted octanol–water partition coefficient (Wildman–Crippen LogP) is 3.01. The lowest BCUT2D eigenvalue weighted by Gasteiger charge is -2.09. The monoisotopic (exact) mass is 241 g/mol. The average Bonchev–Trinajstić information content (AvgIpc) is 2.39. The number of pyridine rings is 1. The second-order valence-corrected chi connectivity index (χ2v) is 3.96. The van der Waals surface area contributed by atoms with Crippen LogP contribution in [0.4, 0.5) is 10.1 Å². The van der Waals surface area contributed by atoms with Gasteiger partial charge in [-0.2, -0.15) is 5.26 Å². The SMILES string of the molecule is Cc1cnccc1CNc1ccc(C#N)cc1F. The Labute approximate surface area is 105 Å². The van der Waals surface area contributed by atoms with Gasteiger partial charge in [-0.05, 0) is 42.3 Å². The molecule has 0 saturated carbocycles. The molecule has 3 nitrogen and oxygen atoms in total. The summed E-state index contributed by atoms with van der Waals surface area (Å²) < 4.78 is 13.6. The molecule has 2 rings (SSSR count). The van der Waals surface area contributed by atoms with Gasteiger partial charge in [0.25, 0.3) is 0 Å². The first-order valence-electron chi connectivity index (χ1n) is 5.53. The first-order chi connectivity index (χ1) is 8.70. The number of nitrogens with zero attached hydrogens (tertiary/aromatic N) is 2. The van der Waals surface area contributed by atoms with Crippen LogP contribution in [0.1, 0.15) is 16.7 Å². The second-order valence-electron chi connectivity index (χ2n) is 3.96. The van der Waals surface area contributed by atoms with Gasteiger partial charge in [-0.1, -0.05) is 0 Å². The number of nitrogens with one attached hydrogen (secondary N) is 1. The molecule has 0 amide bonds. The number of rotatable bonds is 3. The van der Waals surface area contributed by atoms with E-state index < -0.39 is 5.82 Å². The molecule has 2 aromatic rings. The summed E-state index contributed by atoms with van der Waals surface area (Å²) in [6, 6.07) is 8.18. The Morgan fingerprint density at radius 2 is 2.22 bits per heavy atom. The quantitative estimate of drug-likeness (QED) is 0.898. The summed E-state index contributed by atoms with van der Waals surface area (Å²) in [6.07, 6.45) is 3.48. The van der Waals surface area contributed by atoms with Crippen molar-refractivity contribution in [3.8, 4) is 6.07 Å². The summed E-state index contributed by atoms with van der Waals surface area (Å²) in [5, 5.41) is 11.7. The van der Waals surface area contributed by atoms with Crippen LogP contribution in [0, 0.1) is 24.1 Å². The summed E-state index contributed by atoms with van der Waals surface area (Å²) in [5.74, 6) is -0.416. The van der Waals surface area contributed by atoms with Crippen molar-refractivity contribution in [1.29, 1.82) is 5.26 Å². The summed E-state index contributed by atoms with van der Waals surface area (Å²) in [6.45, 7) is 2.48. The number of anilines is 1. The van der Waals surface area contributed by atoms with Crippen molar-refractivity contribution in [3.63, 3.8) is 0 Å². The molecule has 0 fully saturated rings. The van der Waals surface area contributed by atoms with Crippen LogP contribution < -0.4 is 5.32 Å². The van der Waals surface area contributed by atoms with Crippen LogP contribution in [-0.4, -0.2) is 4.98 Å². The van der Waals surface area contributed by atoms with Gasteiger partial charge >= 0.3 is 0 Å². The van der Waals surface area contributed by atoms with Gasteiger partial charge in [0.1, 0.15) is 5.82 Å². The van der Waals surface area contributed by atoms with Gasteiger partial charge < -0.3 is 5.32 Å². The molecule has 1 aromatic carbocycles. The van der Waals surface area contributed by atoms with Gasteiger partial charge in [-0.25, -0.2) is 4.39 Å². The Balaban J connectivity index is 2.12. The molecule has 4 heteroatoms. The van der Waals surface area contributed by atoms with E-state index in [1.54, 1.807) is 24.5 Å². The Morgan fingerprint density at radius 3 is 2.89 bits per heavy atom. The maximum Gasteiger partial charge on any atom is 0.147 e. The van der Waals surface area contributed by atoms with Gasteiger partial charge in [0, 0.05) is 18.9 Å². The zero-order valence-corrected chi connectivity index (χ0v) is 9.94. The highest BCUT2D eigenvalue weighted by atomic mass is 19.1. The lowest BCUT2D eigenvalue weighted by molar-refractivity contribution is 0.629. The molecule has 0 aliphatic heterocycles. The number of aromatic nitrogens is 1. The third-order valence-electron chi connectivity index (χ3n) is 2.70. The van der Waals surface area contributed by atoms with Crippen LogP contribution in [0.2, 0.25) is 0 Å². The van der Waals surface area contributed by atoms with Crippen LogP contribution >= 0.6 is 0 Å². The van der Waals surface area contributed by atoms with Crippen LogP contribution in [0.3, 0.4) is 0 Å². The molecule has 18 heavy (non-hydrogen) atoms. The largest absolute Gasteiger partial charge is 0.379 e. The lowest BCUT2D eigenvalue weighted by Crippen LogP contribution is -2.03. The minimum atomic E-state index is -0.416. The zero-order chi connectivity index (χ0) is 13.0. The predicted molar refractivity (Wildman–Crippen MR) is 67.4 cm³/mol. The van der Waals surface area contributed by atoms with Gasteiger partial charge in [-0.3, -0.25) is 4.98 Å². The normalized spacial score (nSPS) is 9.83. The molecule has 0 radical (unpaired) electrons. The van der Waals surface area contributed by atoms with E-state index in [4.69, 9.17) is 5.26 Å². The van der Waals surface area contributed by atoms with Gasteiger partial charge in [0.2, 0.25) is 0 Å². The highest BCUT2D eigenvalue weighted by Crippen LogP contribution is 2.17. The molecule has 0 saturated heterocycles. The molecule has 0 unspecified atom stereocenters. The number of hydrogen-bond donors (Lipinski definition) is 1. The number of hydrogen-bond acceptors (Lipinski definition) is 3. The highest BCUT2D eigenvalue weighted by Gasteiger charge is 2.04. The van der Waals surface area contributed by atoms with Crippen LogP contribution in [-0.2, 0) is 6.54 Å². The van der Waals surface area contributed by atoms with Crippen LogP contribution in [0.25, 0.3) is 0 Å². The van der Waals surface area contributed by atoms with Crippen molar-refractivity contribution < 1.29 is 4.39 Å². The number of nitriles is 1. The molecule has 0 bridgehead atoms. The van der Waals surface area contributed by atoms with E-state index in [0.29, 0.717) is 17.8 Å². The van der Waals surface area contributed by atoms with Gasteiger partial charge in [-0.15, -0.1) is 0 Å². The number of benzene rings is 1. The number of aryl methyl sites for hydroxylation is 1. The van der Waals surface area contributed by atoms with Gasteiger partial charge in [0.05, 0.1) is 17.3 Å². The van der Waals surface area contributed by atoms with E-state index in [1.807, 2.05) is 19.1 Å². The van der Waals surface area contributed by atoms with Crippen molar-refractivity contribution in [2.24, 2.45) is 0 Å². The molecule has 0 aliphatic carbocycles. The molecular formula is C14H12FN3. The van der Waals surface area contributed by atoms with E-state index in [1.165, 1.54) is 6.07 Å². The highest BCUT2D eigenvalue weighted by molar-refractivity contribution is 5.49. The first kappa shape index (κ1) is 12.1. The Kier molecular flexibility index (Phi) is 3.54. The summed E-state index contributed by atoms with van der Waals surface area (Å²) in [4.78, 5) is 4.00. The van der Waals surface area contributed by atoms with Crippen LogP contribution in [0.15, 0.2) is 36.7 Å². The standard InChI is InChI=1S/C14H12FN3/c1-10-8-17-5-4-12(10)9-18-14-3-2-11(7-16)6-13(14)15/h2-6,8,18H,9H2,1H3. The topological polar surface area (TPSA) is 48.7 Å². The fourth-order valence-electron chi connectivity index (χ4n) is 1.62. The summed E-state index contributed by atoms with van der Waals surface area (Å²) in [5.41, 5.74) is 2.83. The van der Waals surface area contributed by atoms with E-state index >= 15 is 0 Å². The minimum Gasteiger partial charge on any atom is -0.379 e. The molecule has 0 spiro atoms. The van der Waals surface area contributed by atoms with E-state index in [2.05, 4.69) is 10.3 Å². The Morgan fingerprint density at radius 1 is 1.39 bits per heavy atom. The van der Waals surface area contributed by atoms with E-state index in [-0.39, 0.29) is 0 Å². The second kappa shape index (κ2) is 5.28. The van der Waals surface area contributed by atoms with E-state index in [9.17, 15) is 4.39 Å². The fourth-order valence-corrected chi connectivity index (χ4v) is 1.62.